The molecule has 1 heterocycles. The fourth-order valence-electron chi connectivity index (χ4n) is 3.06. The van der Waals surface area contributed by atoms with Crippen molar-refractivity contribution in [1.29, 1.82) is 0 Å². The summed E-state index contributed by atoms with van der Waals surface area (Å²) >= 11 is 3.59. The summed E-state index contributed by atoms with van der Waals surface area (Å²) in [5.41, 5.74) is 4.17. The van der Waals surface area contributed by atoms with Crippen molar-refractivity contribution in [2.45, 2.75) is 32.2 Å². The standard InChI is InChI=1S/C18H20BrN/c1-2-14-8-10-17(11-9-14)20-12-4-7-18(20)15-5-3-6-16(19)13-15/h3,5-6,8-11,13,18H,2,4,7,12H2,1H3. The summed E-state index contributed by atoms with van der Waals surface area (Å²) in [4.78, 5) is 2.54. The first-order valence-corrected chi connectivity index (χ1v) is 8.18. The van der Waals surface area contributed by atoms with E-state index >= 15 is 0 Å². The minimum atomic E-state index is 0.514. The van der Waals surface area contributed by atoms with Crippen molar-refractivity contribution in [2.24, 2.45) is 0 Å². The average Bonchev–Trinajstić information content (AvgIpc) is 2.97. The van der Waals surface area contributed by atoms with E-state index < -0.39 is 0 Å². The second-order valence-corrected chi connectivity index (χ2v) is 6.34. The number of nitrogens with zero attached hydrogens (tertiary/aromatic N) is 1. The van der Waals surface area contributed by atoms with Gasteiger partial charge in [0.05, 0.1) is 6.04 Å². The maximum Gasteiger partial charge on any atom is 0.0543 e. The summed E-state index contributed by atoms with van der Waals surface area (Å²) in [6.45, 7) is 3.36. The molecule has 0 spiro atoms. The zero-order chi connectivity index (χ0) is 13.9. The largest absolute Gasteiger partial charge is 0.364 e. The number of aryl methyl sites for hydroxylation is 1. The molecule has 0 N–H and O–H groups in total. The molecular formula is C18H20BrN. The topological polar surface area (TPSA) is 3.24 Å². The fourth-order valence-corrected chi connectivity index (χ4v) is 3.48. The monoisotopic (exact) mass is 329 g/mol. The van der Waals surface area contributed by atoms with Gasteiger partial charge in [-0.3, -0.25) is 0 Å². The van der Waals surface area contributed by atoms with Gasteiger partial charge in [0.2, 0.25) is 0 Å². The molecule has 1 saturated heterocycles. The molecule has 0 amide bonds. The van der Waals surface area contributed by atoms with Crippen LogP contribution >= 0.6 is 15.9 Å². The Bertz CT molecular complexity index is 576. The van der Waals surface area contributed by atoms with Gasteiger partial charge in [-0.25, -0.2) is 0 Å². The number of benzene rings is 2. The van der Waals surface area contributed by atoms with Crippen molar-refractivity contribution in [1.82, 2.24) is 0 Å². The SMILES string of the molecule is CCc1ccc(N2CCCC2c2cccc(Br)c2)cc1. The lowest BCUT2D eigenvalue weighted by Gasteiger charge is -2.27. The van der Waals surface area contributed by atoms with Gasteiger partial charge in [-0.15, -0.1) is 0 Å². The molecule has 0 bridgehead atoms. The van der Waals surface area contributed by atoms with Gasteiger partial charge < -0.3 is 4.90 Å². The highest BCUT2D eigenvalue weighted by Crippen LogP contribution is 2.36. The molecule has 1 aliphatic rings. The van der Waals surface area contributed by atoms with E-state index in [-0.39, 0.29) is 0 Å². The Morgan fingerprint density at radius 3 is 2.65 bits per heavy atom. The van der Waals surface area contributed by atoms with Gasteiger partial charge in [0.15, 0.2) is 0 Å². The molecule has 2 aromatic rings. The van der Waals surface area contributed by atoms with E-state index in [0.29, 0.717) is 6.04 Å². The van der Waals surface area contributed by atoms with Crippen LogP contribution in [0.5, 0.6) is 0 Å². The van der Waals surface area contributed by atoms with Crippen LogP contribution in [0.2, 0.25) is 0 Å². The van der Waals surface area contributed by atoms with E-state index in [2.05, 4.69) is 76.3 Å². The zero-order valence-electron chi connectivity index (χ0n) is 11.8. The van der Waals surface area contributed by atoms with Crippen molar-refractivity contribution in [3.63, 3.8) is 0 Å². The highest BCUT2D eigenvalue weighted by molar-refractivity contribution is 9.10. The minimum absolute atomic E-state index is 0.514. The first-order valence-electron chi connectivity index (χ1n) is 7.39. The number of hydrogen-bond acceptors (Lipinski definition) is 1. The summed E-state index contributed by atoms with van der Waals surface area (Å²) in [5, 5.41) is 0. The van der Waals surface area contributed by atoms with Crippen LogP contribution < -0.4 is 4.90 Å². The molecule has 1 aliphatic heterocycles. The number of anilines is 1. The third-order valence-electron chi connectivity index (χ3n) is 4.16. The van der Waals surface area contributed by atoms with Crippen molar-refractivity contribution < 1.29 is 0 Å². The average molecular weight is 330 g/mol. The Kier molecular flexibility index (Phi) is 4.11. The van der Waals surface area contributed by atoms with Crippen LogP contribution in [0.15, 0.2) is 53.0 Å². The van der Waals surface area contributed by atoms with Crippen LogP contribution in [0.25, 0.3) is 0 Å². The fraction of sp³-hybridized carbons (Fsp3) is 0.333. The number of rotatable bonds is 3. The third kappa shape index (κ3) is 2.76. The summed E-state index contributed by atoms with van der Waals surface area (Å²) in [6, 6.07) is 18.3. The smallest absolute Gasteiger partial charge is 0.0543 e. The molecule has 0 radical (unpaired) electrons. The van der Waals surface area contributed by atoms with Gasteiger partial charge in [0, 0.05) is 16.7 Å². The molecule has 3 rings (SSSR count). The molecule has 2 heteroatoms. The lowest BCUT2D eigenvalue weighted by Crippen LogP contribution is -2.22. The molecule has 2 aromatic carbocycles. The van der Waals surface area contributed by atoms with E-state index in [1.54, 1.807) is 0 Å². The van der Waals surface area contributed by atoms with Gasteiger partial charge in [0.25, 0.3) is 0 Å². The molecule has 0 aliphatic carbocycles. The maximum absolute atomic E-state index is 3.59. The molecule has 1 atom stereocenters. The lowest BCUT2D eigenvalue weighted by molar-refractivity contribution is 0.719. The van der Waals surface area contributed by atoms with Gasteiger partial charge in [-0.2, -0.15) is 0 Å². The molecule has 0 aromatic heterocycles. The Morgan fingerprint density at radius 2 is 1.95 bits per heavy atom. The van der Waals surface area contributed by atoms with Gasteiger partial charge in [-0.1, -0.05) is 47.1 Å². The molecule has 1 nitrogen and oxygen atoms in total. The van der Waals surface area contributed by atoms with Crippen LogP contribution in [-0.4, -0.2) is 6.54 Å². The van der Waals surface area contributed by atoms with Gasteiger partial charge >= 0.3 is 0 Å². The highest BCUT2D eigenvalue weighted by atomic mass is 79.9. The van der Waals surface area contributed by atoms with Crippen LogP contribution in [0.3, 0.4) is 0 Å². The van der Waals surface area contributed by atoms with Crippen LogP contribution in [-0.2, 0) is 6.42 Å². The molecule has 20 heavy (non-hydrogen) atoms. The molecule has 1 fully saturated rings. The van der Waals surface area contributed by atoms with Crippen molar-refractivity contribution in [3.05, 3.63) is 64.1 Å². The number of halogens is 1. The summed E-state index contributed by atoms with van der Waals surface area (Å²) < 4.78 is 1.17. The number of hydrogen-bond donors (Lipinski definition) is 0. The molecule has 1 unspecified atom stereocenters. The molecular weight excluding hydrogens is 310 g/mol. The van der Waals surface area contributed by atoms with Crippen LogP contribution in [0.4, 0.5) is 5.69 Å². The summed E-state index contributed by atoms with van der Waals surface area (Å²) in [6.07, 6.45) is 3.62. The summed E-state index contributed by atoms with van der Waals surface area (Å²) in [7, 11) is 0. The van der Waals surface area contributed by atoms with Crippen LogP contribution in [0.1, 0.15) is 36.9 Å². The van der Waals surface area contributed by atoms with Crippen molar-refractivity contribution in [3.8, 4) is 0 Å². The quantitative estimate of drug-likeness (QED) is 0.733. The second-order valence-electron chi connectivity index (χ2n) is 5.43. The summed E-state index contributed by atoms with van der Waals surface area (Å²) in [5.74, 6) is 0. The first-order chi connectivity index (χ1) is 9.78. The van der Waals surface area contributed by atoms with Crippen molar-refractivity contribution >= 4 is 21.6 Å². The highest BCUT2D eigenvalue weighted by Gasteiger charge is 2.26. The van der Waals surface area contributed by atoms with Crippen molar-refractivity contribution in [2.75, 3.05) is 11.4 Å². The predicted octanol–water partition coefficient (Wildman–Crippen LogP) is 5.35. The molecule has 104 valence electrons. The minimum Gasteiger partial charge on any atom is -0.364 e. The Morgan fingerprint density at radius 1 is 1.15 bits per heavy atom. The Labute approximate surface area is 129 Å². The van der Waals surface area contributed by atoms with E-state index in [9.17, 15) is 0 Å². The Balaban J connectivity index is 1.88. The lowest BCUT2D eigenvalue weighted by atomic mass is 10.0. The van der Waals surface area contributed by atoms with Gasteiger partial charge in [-0.05, 0) is 54.7 Å². The third-order valence-corrected chi connectivity index (χ3v) is 4.66. The van der Waals surface area contributed by atoms with Crippen LogP contribution in [0, 0.1) is 0 Å². The molecule has 0 saturated carbocycles. The van der Waals surface area contributed by atoms with E-state index in [1.807, 2.05) is 0 Å². The normalized spacial score (nSPS) is 18.5. The first kappa shape index (κ1) is 13.7. The van der Waals surface area contributed by atoms with E-state index in [4.69, 9.17) is 0 Å². The predicted molar refractivity (Wildman–Crippen MR) is 89.3 cm³/mol. The zero-order valence-corrected chi connectivity index (χ0v) is 13.4. The Hall–Kier alpha value is -1.28. The van der Waals surface area contributed by atoms with E-state index in [0.717, 1.165) is 13.0 Å². The van der Waals surface area contributed by atoms with Gasteiger partial charge in [0.1, 0.15) is 0 Å². The maximum atomic E-state index is 3.59. The van der Waals surface area contributed by atoms with E-state index in [1.165, 1.54) is 34.1 Å². The second kappa shape index (κ2) is 6.01.